The Morgan fingerprint density at radius 1 is 1.56 bits per heavy atom. The second-order valence-corrected chi connectivity index (χ2v) is 3.98. The van der Waals surface area contributed by atoms with E-state index in [1.54, 1.807) is 18.5 Å². The zero-order chi connectivity index (χ0) is 12.5. The molecule has 0 aromatic carbocycles. The zero-order valence-corrected chi connectivity index (χ0v) is 9.85. The quantitative estimate of drug-likeness (QED) is 0.579. The number of carbonyl (C=O) groups excluding carboxylic acids is 1. The Hall–Kier alpha value is -1.72. The van der Waals surface area contributed by atoms with Crippen LogP contribution in [0.3, 0.4) is 0 Å². The molecule has 1 atom stereocenters. The van der Waals surface area contributed by atoms with E-state index in [0.29, 0.717) is 17.8 Å². The molecule has 0 saturated carbocycles. The molecule has 0 aliphatic heterocycles. The van der Waals surface area contributed by atoms with Gasteiger partial charge in [0.25, 0.3) is 0 Å². The summed E-state index contributed by atoms with van der Waals surface area (Å²) in [6.07, 6.45) is 0.332. The van der Waals surface area contributed by atoms with Crippen LogP contribution in [0.25, 0.3) is 0 Å². The first-order valence-corrected chi connectivity index (χ1v) is 5.04. The molecule has 6 heteroatoms. The molecule has 0 fully saturated rings. The lowest BCUT2D eigenvalue weighted by atomic mass is 10.2. The zero-order valence-electron chi connectivity index (χ0n) is 9.85. The summed E-state index contributed by atoms with van der Waals surface area (Å²) in [4.78, 5) is 21.3. The Balaban J connectivity index is 3.12. The van der Waals surface area contributed by atoms with Gasteiger partial charge in [-0.3, -0.25) is 19.6 Å². The molecule has 0 aliphatic carbocycles. The lowest BCUT2D eigenvalue weighted by Gasteiger charge is -2.11. The highest BCUT2D eigenvalue weighted by molar-refractivity contribution is 5.75. The van der Waals surface area contributed by atoms with Crippen LogP contribution in [0, 0.1) is 24.0 Å². The van der Waals surface area contributed by atoms with Gasteiger partial charge in [0.15, 0.2) is 0 Å². The van der Waals surface area contributed by atoms with Crippen LogP contribution in [0.5, 0.6) is 0 Å². The number of hydrogen-bond donors (Lipinski definition) is 0. The predicted molar refractivity (Wildman–Crippen MR) is 58.4 cm³/mol. The summed E-state index contributed by atoms with van der Waals surface area (Å²) < 4.78 is 1.55. The molecule has 1 aromatic heterocycles. The van der Waals surface area contributed by atoms with Gasteiger partial charge in [0.2, 0.25) is 0 Å². The highest BCUT2D eigenvalue weighted by Crippen LogP contribution is 2.25. The molecule has 1 unspecified atom stereocenters. The summed E-state index contributed by atoms with van der Waals surface area (Å²) in [5, 5.41) is 14.9. The van der Waals surface area contributed by atoms with Crippen molar-refractivity contribution in [3.8, 4) is 0 Å². The molecular formula is C10H15N3O3. The molecule has 0 N–H and O–H groups in total. The van der Waals surface area contributed by atoms with E-state index in [1.807, 2.05) is 6.92 Å². The summed E-state index contributed by atoms with van der Waals surface area (Å²) in [6.45, 7) is 6.57. The smallest absolute Gasteiger partial charge is 0.300 e. The number of aromatic nitrogens is 2. The summed E-state index contributed by atoms with van der Waals surface area (Å²) >= 11 is 0. The molecule has 0 radical (unpaired) electrons. The van der Waals surface area contributed by atoms with Gasteiger partial charge in [-0.2, -0.15) is 5.10 Å². The van der Waals surface area contributed by atoms with Crippen molar-refractivity contribution < 1.29 is 9.72 Å². The third kappa shape index (κ3) is 2.26. The molecule has 0 aliphatic rings. The molecule has 0 amide bonds. The lowest BCUT2D eigenvalue weighted by molar-refractivity contribution is -0.386. The van der Waals surface area contributed by atoms with E-state index in [9.17, 15) is 14.9 Å². The molecule has 88 valence electrons. The Morgan fingerprint density at radius 3 is 2.50 bits per heavy atom. The van der Waals surface area contributed by atoms with E-state index in [2.05, 4.69) is 5.10 Å². The third-order valence-electron chi connectivity index (χ3n) is 2.47. The van der Waals surface area contributed by atoms with E-state index >= 15 is 0 Å². The minimum Gasteiger partial charge on any atom is -0.300 e. The van der Waals surface area contributed by atoms with Crippen LogP contribution in [-0.2, 0) is 4.79 Å². The monoisotopic (exact) mass is 225 g/mol. The van der Waals surface area contributed by atoms with E-state index in [0.717, 1.165) is 0 Å². The van der Waals surface area contributed by atoms with Crippen LogP contribution in [0.15, 0.2) is 0 Å². The second-order valence-electron chi connectivity index (χ2n) is 3.98. The first kappa shape index (κ1) is 12.4. The van der Waals surface area contributed by atoms with Crippen molar-refractivity contribution in [3.63, 3.8) is 0 Å². The fourth-order valence-electron chi connectivity index (χ4n) is 1.85. The van der Waals surface area contributed by atoms with E-state index < -0.39 is 4.92 Å². The van der Waals surface area contributed by atoms with Gasteiger partial charge in [0.05, 0.1) is 11.0 Å². The molecule has 1 aromatic rings. The van der Waals surface area contributed by atoms with Gasteiger partial charge in [-0.25, -0.2) is 0 Å². The van der Waals surface area contributed by atoms with E-state index in [1.165, 1.54) is 6.92 Å². The van der Waals surface area contributed by atoms with Crippen LogP contribution in [0.2, 0.25) is 0 Å². The van der Waals surface area contributed by atoms with Crippen molar-refractivity contribution in [2.24, 2.45) is 0 Å². The van der Waals surface area contributed by atoms with Crippen LogP contribution in [0.1, 0.15) is 37.7 Å². The fraction of sp³-hybridized carbons (Fsp3) is 0.600. The maximum absolute atomic E-state index is 11.0. The topological polar surface area (TPSA) is 78.0 Å². The number of hydrogen-bond acceptors (Lipinski definition) is 4. The van der Waals surface area contributed by atoms with Crippen molar-refractivity contribution >= 4 is 11.5 Å². The Labute approximate surface area is 93.4 Å². The second kappa shape index (κ2) is 4.42. The number of nitro groups is 1. The Kier molecular flexibility index (Phi) is 3.41. The molecule has 0 saturated heterocycles. The molecule has 0 spiro atoms. The average Bonchev–Trinajstić information content (AvgIpc) is 2.40. The van der Waals surface area contributed by atoms with Gasteiger partial charge in [0, 0.05) is 6.42 Å². The largest absolute Gasteiger partial charge is 0.312 e. The third-order valence-corrected chi connectivity index (χ3v) is 2.47. The molecule has 16 heavy (non-hydrogen) atoms. The fourth-order valence-corrected chi connectivity index (χ4v) is 1.85. The number of aryl methyl sites for hydroxylation is 1. The van der Waals surface area contributed by atoms with E-state index in [4.69, 9.17) is 0 Å². The molecule has 1 rings (SSSR count). The molecule has 6 nitrogen and oxygen atoms in total. The minimum absolute atomic E-state index is 0.0374. The van der Waals surface area contributed by atoms with Gasteiger partial charge in [-0.1, -0.05) is 0 Å². The predicted octanol–water partition coefficient (Wildman–Crippen LogP) is 1.95. The summed E-state index contributed by atoms with van der Waals surface area (Å²) in [5.74, 6) is 0.0442. The van der Waals surface area contributed by atoms with Gasteiger partial charge in [-0.15, -0.1) is 0 Å². The van der Waals surface area contributed by atoms with Crippen LogP contribution in [0.4, 0.5) is 5.69 Å². The summed E-state index contributed by atoms with van der Waals surface area (Å²) in [6, 6.07) is -0.148. The van der Waals surface area contributed by atoms with Crippen molar-refractivity contribution in [3.05, 3.63) is 21.5 Å². The van der Waals surface area contributed by atoms with Crippen LogP contribution < -0.4 is 0 Å². The average molecular weight is 225 g/mol. The number of rotatable bonds is 4. The SMILES string of the molecule is CC(=O)CC(C)n1nc(C)c([N+](=O)[O-])c1C. The first-order chi connectivity index (χ1) is 7.34. The standard InChI is InChI=1S/C10H15N3O3/c1-6(5-7(2)14)12-9(4)10(13(15)16)8(3)11-12/h6H,5H2,1-4H3. The number of Topliss-reactive ketones (excluding diaryl/α,β-unsaturated/α-hetero) is 1. The van der Waals surface area contributed by atoms with Crippen molar-refractivity contribution in [2.45, 2.75) is 40.2 Å². The van der Waals surface area contributed by atoms with Gasteiger partial charge >= 0.3 is 5.69 Å². The van der Waals surface area contributed by atoms with E-state index in [-0.39, 0.29) is 17.5 Å². The summed E-state index contributed by atoms with van der Waals surface area (Å²) in [5.41, 5.74) is 0.921. The highest BCUT2D eigenvalue weighted by Gasteiger charge is 2.24. The maximum Gasteiger partial charge on any atom is 0.312 e. The number of carbonyl (C=O) groups is 1. The molecule has 1 heterocycles. The van der Waals surface area contributed by atoms with Crippen molar-refractivity contribution in [2.75, 3.05) is 0 Å². The minimum atomic E-state index is -0.436. The van der Waals surface area contributed by atoms with Gasteiger partial charge in [0.1, 0.15) is 17.2 Å². The number of nitrogens with zero attached hydrogens (tertiary/aromatic N) is 3. The Bertz CT molecular complexity index is 437. The van der Waals surface area contributed by atoms with Crippen LogP contribution >= 0.6 is 0 Å². The maximum atomic E-state index is 11.0. The van der Waals surface area contributed by atoms with Crippen LogP contribution in [-0.4, -0.2) is 20.5 Å². The number of ketones is 1. The first-order valence-electron chi connectivity index (χ1n) is 5.04. The van der Waals surface area contributed by atoms with Gasteiger partial charge < -0.3 is 0 Å². The van der Waals surface area contributed by atoms with Crippen molar-refractivity contribution in [1.82, 2.24) is 9.78 Å². The van der Waals surface area contributed by atoms with Crippen molar-refractivity contribution in [1.29, 1.82) is 0 Å². The molecular weight excluding hydrogens is 210 g/mol. The van der Waals surface area contributed by atoms with Gasteiger partial charge in [-0.05, 0) is 27.7 Å². The summed E-state index contributed by atoms with van der Waals surface area (Å²) in [7, 11) is 0. The normalized spacial score (nSPS) is 12.5. The lowest BCUT2D eigenvalue weighted by Crippen LogP contribution is -2.12. The Morgan fingerprint density at radius 2 is 2.12 bits per heavy atom. The highest BCUT2D eigenvalue weighted by atomic mass is 16.6. The molecule has 0 bridgehead atoms.